The molecule has 0 aliphatic rings. The number of rotatable bonds is 10. The van der Waals surface area contributed by atoms with Crippen LogP contribution < -0.4 is 10.6 Å². The number of aliphatic imine (C=N–C) groups is 1. The average Bonchev–Trinajstić information content (AvgIpc) is 2.39. The minimum absolute atomic E-state index is 0.612. The van der Waals surface area contributed by atoms with Crippen molar-refractivity contribution in [1.29, 1.82) is 0 Å². The molecule has 120 valence electrons. The summed E-state index contributed by atoms with van der Waals surface area (Å²) < 4.78 is 0. The SMILES string of the molecule is CCCCCNC(=NC)NCCCN(C(C)C)C(C)C. The van der Waals surface area contributed by atoms with E-state index in [-0.39, 0.29) is 0 Å². The molecule has 4 nitrogen and oxygen atoms in total. The van der Waals surface area contributed by atoms with Gasteiger partial charge in [-0.25, -0.2) is 0 Å². The predicted molar refractivity (Wildman–Crippen MR) is 90.5 cm³/mol. The van der Waals surface area contributed by atoms with Crippen LogP contribution >= 0.6 is 0 Å². The van der Waals surface area contributed by atoms with E-state index in [2.05, 4.69) is 55.1 Å². The van der Waals surface area contributed by atoms with E-state index in [4.69, 9.17) is 0 Å². The van der Waals surface area contributed by atoms with E-state index < -0.39 is 0 Å². The minimum Gasteiger partial charge on any atom is -0.356 e. The Morgan fingerprint density at radius 3 is 1.95 bits per heavy atom. The second-order valence-corrected chi connectivity index (χ2v) is 5.91. The molecule has 0 unspecified atom stereocenters. The Kier molecular flexibility index (Phi) is 11.5. The van der Waals surface area contributed by atoms with Crippen molar-refractivity contribution >= 4 is 5.96 Å². The summed E-state index contributed by atoms with van der Waals surface area (Å²) in [5, 5.41) is 6.75. The third kappa shape index (κ3) is 9.18. The first kappa shape index (κ1) is 19.2. The molecule has 0 heterocycles. The van der Waals surface area contributed by atoms with E-state index in [0.29, 0.717) is 12.1 Å². The Balaban J connectivity index is 3.79. The van der Waals surface area contributed by atoms with Crippen LogP contribution in [-0.2, 0) is 0 Å². The van der Waals surface area contributed by atoms with Gasteiger partial charge in [0.1, 0.15) is 0 Å². The molecule has 0 spiro atoms. The van der Waals surface area contributed by atoms with Crippen LogP contribution in [0.1, 0.15) is 60.3 Å². The zero-order valence-corrected chi connectivity index (χ0v) is 14.5. The van der Waals surface area contributed by atoms with Gasteiger partial charge in [0.15, 0.2) is 5.96 Å². The van der Waals surface area contributed by atoms with E-state index in [1.165, 1.54) is 19.3 Å². The first-order chi connectivity index (χ1) is 9.52. The molecular weight excluding hydrogens is 248 g/mol. The summed E-state index contributed by atoms with van der Waals surface area (Å²) in [6, 6.07) is 1.22. The number of hydrogen-bond acceptors (Lipinski definition) is 2. The molecule has 0 fully saturated rings. The maximum Gasteiger partial charge on any atom is 0.190 e. The zero-order chi connectivity index (χ0) is 15.4. The third-order valence-corrected chi connectivity index (χ3v) is 3.51. The number of guanidine groups is 1. The molecular formula is C16H36N4. The van der Waals surface area contributed by atoms with Gasteiger partial charge in [-0.05, 0) is 40.5 Å². The molecule has 0 bridgehead atoms. The van der Waals surface area contributed by atoms with Gasteiger partial charge >= 0.3 is 0 Å². The highest BCUT2D eigenvalue weighted by Gasteiger charge is 2.12. The second-order valence-electron chi connectivity index (χ2n) is 5.91. The van der Waals surface area contributed by atoms with Crippen molar-refractivity contribution in [2.75, 3.05) is 26.7 Å². The van der Waals surface area contributed by atoms with Crippen molar-refractivity contribution in [3.05, 3.63) is 0 Å². The summed E-state index contributed by atoms with van der Waals surface area (Å²) in [6.45, 7) is 14.4. The van der Waals surface area contributed by atoms with Crippen molar-refractivity contribution in [1.82, 2.24) is 15.5 Å². The molecule has 4 heteroatoms. The lowest BCUT2D eigenvalue weighted by molar-refractivity contribution is 0.173. The summed E-state index contributed by atoms with van der Waals surface area (Å²) in [6.07, 6.45) is 4.90. The quantitative estimate of drug-likeness (QED) is 0.368. The molecule has 0 amide bonds. The molecule has 20 heavy (non-hydrogen) atoms. The molecule has 0 aliphatic carbocycles. The molecule has 0 aliphatic heterocycles. The Bertz CT molecular complexity index is 241. The van der Waals surface area contributed by atoms with Gasteiger partial charge in [-0.3, -0.25) is 9.89 Å². The molecule has 0 aromatic rings. The van der Waals surface area contributed by atoms with E-state index in [1.54, 1.807) is 0 Å². The Morgan fingerprint density at radius 2 is 1.50 bits per heavy atom. The van der Waals surface area contributed by atoms with Crippen LogP contribution in [0, 0.1) is 0 Å². The minimum atomic E-state index is 0.612. The van der Waals surface area contributed by atoms with Gasteiger partial charge in [0, 0.05) is 38.8 Å². The monoisotopic (exact) mass is 284 g/mol. The summed E-state index contributed by atoms with van der Waals surface area (Å²) in [4.78, 5) is 6.78. The van der Waals surface area contributed by atoms with Crippen LogP contribution in [0.2, 0.25) is 0 Å². The van der Waals surface area contributed by atoms with Crippen molar-refractivity contribution in [3.8, 4) is 0 Å². The van der Waals surface area contributed by atoms with Gasteiger partial charge in [0.05, 0.1) is 0 Å². The molecule has 2 N–H and O–H groups in total. The number of unbranched alkanes of at least 4 members (excludes halogenated alkanes) is 2. The zero-order valence-electron chi connectivity index (χ0n) is 14.5. The molecule has 0 aromatic heterocycles. The molecule has 0 rings (SSSR count). The molecule has 0 radical (unpaired) electrons. The second kappa shape index (κ2) is 12.0. The molecule has 0 atom stereocenters. The van der Waals surface area contributed by atoms with Gasteiger partial charge in [0.25, 0.3) is 0 Å². The highest BCUT2D eigenvalue weighted by molar-refractivity contribution is 5.79. The van der Waals surface area contributed by atoms with Crippen molar-refractivity contribution in [2.45, 2.75) is 72.4 Å². The maximum absolute atomic E-state index is 4.25. The highest BCUT2D eigenvalue weighted by atomic mass is 15.2. The van der Waals surface area contributed by atoms with Gasteiger partial charge in [0.2, 0.25) is 0 Å². The number of hydrogen-bond donors (Lipinski definition) is 2. The lowest BCUT2D eigenvalue weighted by Gasteiger charge is -2.30. The first-order valence-corrected chi connectivity index (χ1v) is 8.23. The fourth-order valence-electron chi connectivity index (χ4n) is 2.38. The Hall–Kier alpha value is -0.770. The number of nitrogens with one attached hydrogen (secondary N) is 2. The summed E-state index contributed by atoms with van der Waals surface area (Å²) in [5.41, 5.74) is 0. The van der Waals surface area contributed by atoms with Crippen LogP contribution in [0.5, 0.6) is 0 Å². The van der Waals surface area contributed by atoms with E-state index in [1.807, 2.05) is 7.05 Å². The van der Waals surface area contributed by atoms with Crippen molar-refractivity contribution in [3.63, 3.8) is 0 Å². The first-order valence-electron chi connectivity index (χ1n) is 8.23. The lowest BCUT2D eigenvalue weighted by atomic mass is 10.2. The van der Waals surface area contributed by atoms with E-state index in [0.717, 1.165) is 32.0 Å². The van der Waals surface area contributed by atoms with Crippen LogP contribution in [0.25, 0.3) is 0 Å². The Labute approximate surface area is 126 Å². The summed E-state index contributed by atoms with van der Waals surface area (Å²) >= 11 is 0. The normalized spacial score (nSPS) is 12.6. The van der Waals surface area contributed by atoms with Crippen LogP contribution in [0.3, 0.4) is 0 Å². The average molecular weight is 284 g/mol. The maximum atomic E-state index is 4.25. The van der Waals surface area contributed by atoms with Gasteiger partial charge in [-0.1, -0.05) is 19.8 Å². The highest BCUT2D eigenvalue weighted by Crippen LogP contribution is 2.05. The van der Waals surface area contributed by atoms with Crippen LogP contribution in [0.15, 0.2) is 4.99 Å². The smallest absolute Gasteiger partial charge is 0.190 e. The third-order valence-electron chi connectivity index (χ3n) is 3.51. The van der Waals surface area contributed by atoms with E-state index >= 15 is 0 Å². The largest absolute Gasteiger partial charge is 0.356 e. The summed E-state index contributed by atoms with van der Waals surface area (Å²) in [5.74, 6) is 0.932. The fraction of sp³-hybridized carbons (Fsp3) is 0.938. The van der Waals surface area contributed by atoms with Crippen molar-refractivity contribution in [2.24, 2.45) is 4.99 Å². The Morgan fingerprint density at radius 1 is 0.950 bits per heavy atom. The summed E-state index contributed by atoms with van der Waals surface area (Å²) in [7, 11) is 1.84. The van der Waals surface area contributed by atoms with Gasteiger partial charge in [-0.2, -0.15) is 0 Å². The number of nitrogens with zero attached hydrogens (tertiary/aromatic N) is 2. The molecule has 0 saturated heterocycles. The topological polar surface area (TPSA) is 39.7 Å². The standard InChI is InChI=1S/C16H36N4/c1-7-8-9-11-18-16(17-6)19-12-10-13-20(14(2)3)15(4)5/h14-15H,7-13H2,1-6H3,(H2,17,18,19). The van der Waals surface area contributed by atoms with Crippen LogP contribution in [-0.4, -0.2) is 49.6 Å². The van der Waals surface area contributed by atoms with Gasteiger partial charge in [-0.15, -0.1) is 0 Å². The lowest BCUT2D eigenvalue weighted by Crippen LogP contribution is -2.41. The fourth-order valence-corrected chi connectivity index (χ4v) is 2.38. The molecule has 0 aromatic carbocycles. The van der Waals surface area contributed by atoms with Crippen molar-refractivity contribution < 1.29 is 0 Å². The predicted octanol–water partition coefficient (Wildman–Crippen LogP) is 2.85. The van der Waals surface area contributed by atoms with Gasteiger partial charge < -0.3 is 10.6 Å². The van der Waals surface area contributed by atoms with E-state index in [9.17, 15) is 0 Å². The molecule has 0 saturated carbocycles. The van der Waals surface area contributed by atoms with Crippen LogP contribution in [0.4, 0.5) is 0 Å².